The first-order valence-corrected chi connectivity index (χ1v) is 15.7. The minimum absolute atomic E-state index is 0.122. The summed E-state index contributed by atoms with van der Waals surface area (Å²) in [7, 11) is 0. The molecule has 3 fully saturated rings. The number of ether oxygens (including phenoxy) is 1. The smallest absolute Gasteiger partial charge is 0.319 e. The summed E-state index contributed by atoms with van der Waals surface area (Å²) in [5.41, 5.74) is -0.179. The molecule has 2 unspecified atom stereocenters. The summed E-state index contributed by atoms with van der Waals surface area (Å²) in [4.78, 5) is 27.9. The third-order valence-corrected chi connectivity index (χ3v) is 9.68. The van der Waals surface area contributed by atoms with Crippen LogP contribution in [0, 0.1) is 17.6 Å². The number of pyridine rings is 1. The molecule has 3 saturated heterocycles. The van der Waals surface area contributed by atoms with Gasteiger partial charge in [0, 0.05) is 31.3 Å². The van der Waals surface area contributed by atoms with E-state index in [9.17, 15) is 23.8 Å². The number of aliphatic hydroxyl groups is 1. The summed E-state index contributed by atoms with van der Waals surface area (Å²) in [6, 6.07) is 5.21. The molecule has 0 saturated carbocycles. The molecule has 7 rings (SSSR count). The largest absolute Gasteiger partial charge is 0.508 e. The predicted octanol–water partition coefficient (Wildman–Crippen LogP) is 4.26. The fourth-order valence-corrected chi connectivity index (χ4v) is 7.45. The van der Waals surface area contributed by atoms with Crippen LogP contribution in [0.4, 0.5) is 19.0 Å². The summed E-state index contributed by atoms with van der Waals surface area (Å²) in [6.07, 6.45) is 3.19. The van der Waals surface area contributed by atoms with Gasteiger partial charge in [0.05, 0.1) is 29.5 Å². The lowest BCUT2D eigenvalue weighted by molar-refractivity contribution is -0.122. The van der Waals surface area contributed by atoms with Gasteiger partial charge in [-0.3, -0.25) is 14.7 Å². The molecule has 0 spiro atoms. The zero-order valence-electron chi connectivity index (χ0n) is 25.3. The van der Waals surface area contributed by atoms with Gasteiger partial charge in [0.15, 0.2) is 5.82 Å². The number of aryl methyl sites for hydroxylation is 1. The van der Waals surface area contributed by atoms with Crippen molar-refractivity contribution in [2.24, 2.45) is 5.92 Å². The number of rotatable bonds is 9. The van der Waals surface area contributed by atoms with Crippen LogP contribution < -0.4 is 15.4 Å². The van der Waals surface area contributed by atoms with E-state index in [1.807, 2.05) is 0 Å². The molecule has 3 aliphatic heterocycles. The second kappa shape index (κ2) is 11.8. The van der Waals surface area contributed by atoms with Gasteiger partial charge in [0.25, 0.3) is 0 Å². The number of nitrogens with zero attached hydrogens (tertiary/aromatic N) is 4. The number of benzene rings is 2. The molecule has 4 aromatic rings. The van der Waals surface area contributed by atoms with Gasteiger partial charge >= 0.3 is 6.01 Å². The van der Waals surface area contributed by atoms with E-state index in [1.54, 1.807) is 6.92 Å². The third-order valence-electron chi connectivity index (χ3n) is 9.68. The lowest BCUT2D eigenvalue weighted by Crippen LogP contribution is -2.43. The van der Waals surface area contributed by atoms with Crippen molar-refractivity contribution in [2.45, 2.75) is 56.8 Å². The van der Waals surface area contributed by atoms with Crippen molar-refractivity contribution in [3.63, 3.8) is 0 Å². The van der Waals surface area contributed by atoms with Crippen molar-refractivity contribution in [1.82, 2.24) is 25.2 Å². The number of aromatic nitrogens is 3. The molecule has 0 radical (unpaired) electrons. The normalized spacial score (nSPS) is 24.5. The Bertz CT molecular complexity index is 1840. The highest BCUT2D eigenvalue weighted by atomic mass is 19.1. The highest BCUT2D eigenvalue weighted by Gasteiger charge is 2.49. The van der Waals surface area contributed by atoms with Crippen molar-refractivity contribution in [2.75, 3.05) is 38.2 Å². The summed E-state index contributed by atoms with van der Waals surface area (Å²) < 4.78 is 52.1. The number of aromatic hydroxyl groups is 1. The Kier molecular flexibility index (Phi) is 7.84. The molecular weight excluding hydrogens is 601 g/mol. The van der Waals surface area contributed by atoms with Crippen molar-refractivity contribution < 1.29 is 32.9 Å². The molecule has 46 heavy (non-hydrogen) atoms. The van der Waals surface area contributed by atoms with Crippen LogP contribution in [0.5, 0.6) is 11.8 Å². The Morgan fingerprint density at radius 3 is 2.87 bits per heavy atom. The van der Waals surface area contributed by atoms with Gasteiger partial charge in [-0.25, -0.2) is 13.2 Å². The minimum Gasteiger partial charge on any atom is -0.508 e. The van der Waals surface area contributed by atoms with Gasteiger partial charge in [0.2, 0.25) is 5.91 Å². The van der Waals surface area contributed by atoms with Crippen LogP contribution in [-0.4, -0.2) is 86.6 Å². The molecule has 5 heterocycles. The highest BCUT2D eigenvalue weighted by molar-refractivity contribution is 6.01. The Labute approximate surface area is 263 Å². The standard InChI is InChI=1S/C33H35F3N6O4/c1-2-22-25(35)5-4-17-9-21(44)10-23(26(17)22)28-27(36)29-24(13-37-28)30(38-12-18-8-20(15-43)39-31(18)45)41-32(40-29)46-16-33-6-3-7-42(33)14-19(34)11-33/h4-5,9-10,13,18-20,43-44H,2-3,6-8,11-12,14-16H2,1H3,(H,39,45)(H,38,40,41)/t18?,19-,20?,33+/m1/s1. The first kappa shape index (κ1) is 30.4. The maximum absolute atomic E-state index is 16.7. The Balaban J connectivity index is 1.31. The number of carbonyl (C=O) groups excluding carboxylic acids is 1. The van der Waals surface area contributed by atoms with Crippen LogP contribution in [-0.2, 0) is 11.2 Å². The number of fused-ring (bicyclic) bond motifs is 3. The van der Waals surface area contributed by atoms with E-state index < -0.39 is 29.3 Å². The van der Waals surface area contributed by atoms with E-state index in [2.05, 4.69) is 30.5 Å². The average Bonchev–Trinajstić information content (AvgIpc) is 3.70. The van der Waals surface area contributed by atoms with Gasteiger partial charge in [0.1, 0.15) is 41.4 Å². The number of phenols is 1. The van der Waals surface area contributed by atoms with E-state index in [0.717, 1.165) is 19.4 Å². The third kappa shape index (κ3) is 5.24. The molecular formula is C33H35F3N6O4. The molecule has 2 aromatic heterocycles. The number of amides is 1. The van der Waals surface area contributed by atoms with E-state index in [0.29, 0.717) is 42.1 Å². The van der Waals surface area contributed by atoms with E-state index in [-0.39, 0.29) is 71.4 Å². The van der Waals surface area contributed by atoms with Crippen molar-refractivity contribution in [3.8, 4) is 23.0 Å². The first-order chi connectivity index (χ1) is 22.2. The molecule has 0 bridgehead atoms. The molecule has 3 aliphatic rings. The molecule has 0 aliphatic carbocycles. The fourth-order valence-electron chi connectivity index (χ4n) is 7.45. The second-order valence-corrected chi connectivity index (χ2v) is 12.6. The number of hydrogen-bond donors (Lipinski definition) is 4. The number of carbonyl (C=O) groups is 1. The van der Waals surface area contributed by atoms with E-state index in [4.69, 9.17) is 4.74 Å². The summed E-state index contributed by atoms with van der Waals surface area (Å²) in [5, 5.41) is 27.1. The van der Waals surface area contributed by atoms with Crippen LogP contribution in [0.3, 0.4) is 0 Å². The lowest BCUT2D eigenvalue weighted by Gasteiger charge is -2.30. The predicted molar refractivity (Wildman–Crippen MR) is 165 cm³/mol. The molecule has 10 nitrogen and oxygen atoms in total. The van der Waals surface area contributed by atoms with Crippen molar-refractivity contribution >= 4 is 33.4 Å². The maximum Gasteiger partial charge on any atom is 0.319 e. The van der Waals surface area contributed by atoms with Crippen LogP contribution in [0.25, 0.3) is 32.9 Å². The van der Waals surface area contributed by atoms with Crippen molar-refractivity contribution in [3.05, 3.63) is 47.7 Å². The van der Waals surface area contributed by atoms with Crippen LogP contribution >= 0.6 is 0 Å². The van der Waals surface area contributed by atoms with Crippen LogP contribution in [0.15, 0.2) is 30.5 Å². The van der Waals surface area contributed by atoms with Gasteiger partial charge in [-0.1, -0.05) is 13.0 Å². The van der Waals surface area contributed by atoms with Crippen LogP contribution in [0.1, 0.15) is 38.2 Å². The summed E-state index contributed by atoms with van der Waals surface area (Å²) in [6.45, 7) is 3.00. The molecule has 4 N–H and O–H groups in total. The Hall–Kier alpha value is -4.23. The maximum atomic E-state index is 16.7. The number of nitrogens with one attached hydrogen (secondary N) is 2. The van der Waals surface area contributed by atoms with Gasteiger partial charge < -0.3 is 25.6 Å². The Morgan fingerprint density at radius 2 is 2.09 bits per heavy atom. The zero-order valence-corrected chi connectivity index (χ0v) is 25.3. The lowest BCUT2D eigenvalue weighted by atomic mass is 9.94. The zero-order chi connectivity index (χ0) is 32.2. The summed E-state index contributed by atoms with van der Waals surface area (Å²) in [5.74, 6) is -1.90. The number of hydrogen-bond acceptors (Lipinski definition) is 9. The van der Waals surface area contributed by atoms with Gasteiger partial charge in [-0.15, -0.1) is 0 Å². The molecule has 1 amide bonds. The Morgan fingerprint density at radius 1 is 1.24 bits per heavy atom. The van der Waals surface area contributed by atoms with Gasteiger partial charge in [-0.2, -0.15) is 9.97 Å². The van der Waals surface area contributed by atoms with Gasteiger partial charge in [-0.05, 0) is 66.8 Å². The van der Waals surface area contributed by atoms with Crippen molar-refractivity contribution in [1.29, 1.82) is 0 Å². The highest BCUT2D eigenvalue weighted by Crippen LogP contribution is 2.41. The topological polar surface area (TPSA) is 133 Å². The number of phenolic OH excluding ortho intramolecular Hbond substituents is 1. The van der Waals surface area contributed by atoms with Crippen LogP contribution in [0.2, 0.25) is 0 Å². The average molecular weight is 637 g/mol. The summed E-state index contributed by atoms with van der Waals surface area (Å²) >= 11 is 0. The molecule has 4 atom stereocenters. The molecule has 242 valence electrons. The number of anilines is 1. The van der Waals surface area contributed by atoms with E-state index in [1.165, 1.54) is 30.5 Å². The second-order valence-electron chi connectivity index (χ2n) is 12.6. The SMILES string of the molecule is CCc1c(F)ccc2cc(O)cc(-c3ncc4c(NCC5CC(CO)NC5=O)nc(OC[C@@]56CCCN5C[C@H](F)C6)nc4c3F)c12. The first-order valence-electron chi connectivity index (χ1n) is 15.7. The number of halogens is 3. The number of aliphatic hydroxyl groups excluding tert-OH is 1. The number of alkyl halides is 1. The minimum atomic E-state index is -0.958. The quantitative estimate of drug-likeness (QED) is 0.213. The fraction of sp³-hybridized carbons (Fsp3) is 0.455. The van der Waals surface area contributed by atoms with E-state index >= 15 is 4.39 Å². The molecule has 13 heteroatoms. The molecule has 2 aromatic carbocycles. The monoisotopic (exact) mass is 636 g/mol.